The Balaban J connectivity index is 1.93. The first-order valence-corrected chi connectivity index (χ1v) is 7.82. The zero-order valence-electron chi connectivity index (χ0n) is 13.1. The summed E-state index contributed by atoms with van der Waals surface area (Å²) in [6, 6.07) is 6.65. The van der Waals surface area contributed by atoms with Crippen molar-refractivity contribution in [3.8, 4) is 17.3 Å². The predicted molar refractivity (Wildman–Crippen MR) is 89.5 cm³/mol. The molecule has 1 aliphatic carbocycles. The molecular formula is C17H13N5O3. The van der Waals surface area contributed by atoms with Gasteiger partial charge in [-0.1, -0.05) is 6.07 Å². The Morgan fingerprint density at radius 2 is 2.04 bits per heavy atom. The summed E-state index contributed by atoms with van der Waals surface area (Å²) in [5.74, 6) is 1.03. The molecule has 124 valence electrons. The molecule has 0 bridgehead atoms. The lowest BCUT2D eigenvalue weighted by Gasteiger charge is -2.12. The van der Waals surface area contributed by atoms with E-state index in [1.807, 2.05) is 18.2 Å². The van der Waals surface area contributed by atoms with Crippen molar-refractivity contribution in [2.24, 2.45) is 0 Å². The number of nitrogens with zero attached hydrogens (tertiary/aromatic N) is 5. The molecular weight excluding hydrogens is 322 g/mol. The lowest BCUT2D eigenvalue weighted by Crippen LogP contribution is -2.13. The number of nitro groups is 1. The molecule has 3 aromatic heterocycles. The maximum atomic E-state index is 11.7. The Morgan fingerprint density at radius 1 is 1.16 bits per heavy atom. The molecule has 3 heterocycles. The van der Waals surface area contributed by atoms with Crippen LogP contribution in [-0.4, -0.2) is 24.4 Å². The summed E-state index contributed by atoms with van der Waals surface area (Å²) in [7, 11) is 0. The summed E-state index contributed by atoms with van der Waals surface area (Å²) in [6.07, 6.45) is 6.95. The van der Waals surface area contributed by atoms with Crippen LogP contribution in [0, 0.1) is 10.1 Å². The average molecular weight is 335 g/mol. The van der Waals surface area contributed by atoms with Crippen molar-refractivity contribution in [2.75, 3.05) is 0 Å². The van der Waals surface area contributed by atoms with E-state index in [1.54, 1.807) is 6.20 Å². The van der Waals surface area contributed by atoms with Gasteiger partial charge < -0.3 is 4.57 Å². The number of rotatable bonds is 3. The molecule has 0 fully saturated rings. The topological polar surface area (TPSA) is 104 Å². The van der Waals surface area contributed by atoms with Gasteiger partial charge in [-0.05, 0) is 31.4 Å². The van der Waals surface area contributed by atoms with Crippen LogP contribution in [0.3, 0.4) is 0 Å². The van der Waals surface area contributed by atoms with Gasteiger partial charge in [0.2, 0.25) is 0 Å². The molecule has 0 atom stereocenters. The lowest BCUT2D eigenvalue weighted by molar-refractivity contribution is -0.386. The summed E-state index contributed by atoms with van der Waals surface area (Å²) in [4.78, 5) is 35.5. The Labute approximate surface area is 142 Å². The van der Waals surface area contributed by atoms with Gasteiger partial charge in [0.05, 0.1) is 11.1 Å². The molecule has 0 aromatic carbocycles. The van der Waals surface area contributed by atoms with E-state index >= 15 is 0 Å². The molecule has 0 saturated heterocycles. The van der Waals surface area contributed by atoms with Crippen LogP contribution in [0.2, 0.25) is 0 Å². The molecule has 0 amide bonds. The van der Waals surface area contributed by atoms with E-state index in [0.717, 1.165) is 30.5 Å². The molecule has 0 N–H and O–H groups in total. The van der Waals surface area contributed by atoms with E-state index in [1.165, 1.54) is 23.0 Å². The van der Waals surface area contributed by atoms with Crippen molar-refractivity contribution in [1.29, 1.82) is 0 Å². The SMILES string of the molecule is O=c1ccn(-c2nc(-c3ccccn3)nc3c2CCC3)cc1[N+](=O)[O-]. The summed E-state index contributed by atoms with van der Waals surface area (Å²) < 4.78 is 1.53. The maximum absolute atomic E-state index is 11.7. The van der Waals surface area contributed by atoms with E-state index in [2.05, 4.69) is 15.0 Å². The third-order valence-electron chi connectivity index (χ3n) is 4.15. The molecule has 0 radical (unpaired) electrons. The number of pyridine rings is 2. The summed E-state index contributed by atoms with van der Waals surface area (Å²) >= 11 is 0. The number of fused-ring (bicyclic) bond motifs is 1. The van der Waals surface area contributed by atoms with Crippen LogP contribution in [0.25, 0.3) is 17.3 Å². The lowest BCUT2D eigenvalue weighted by atomic mass is 10.2. The maximum Gasteiger partial charge on any atom is 0.332 e. The van der Waals surface area contributed by atoms with Crippen molar-refractivity contribution < 1.29 is 4.92 Å². The van der Waals surface area contributed by atoms with Crippen molar-refractivity contribution in [1.82, 2.24) is 19.5 Å². The van der Waals surface area contributed by atoms with Gasteiger partial charge in [0.15, 0.2) is 5.82 Å². The van der Waals surface area contributed by atoms with Gasteiger partial charge in [-0.25, -0.2) is 9.97 Å². The van der Waals surface area contributed by atoms with Gasteiger partial charge in [0, 0.05) is 29.7 Å². The monoisotopic (exact) mass is 335 g/mol. The van der Waals surface area contributed by atoms with Crippen LogP contribution in [0.5, 0.6) is 0 Å². The minimum atomic E-state index is -0.681. The van der Waals surface area contributed by atoms with Crippen LogP contribution in [0.4, 0.5) is 5.69 Å². The van der Waals surface area contributed by atoms with E-state index < -0.39 is 16.0 Å². The smallest absolute Gasteiger partial charge is 0.301 e. The average Bonchev–Trinajstić information content (AvgIpc) is 3.10. The fraction of sp³-hybridized carbons (Fsp3) is 0.176. The summed E-state index contributed by atoms with van der Waals surface area (Å²) in [5.41, 5.74) is 1.41. The minimum Gasteiger partial charge on any atom is -0.301 e. The molecule has 3 aromatic rings. The highest BCUT2D eigenvalue weighted by Crippen LogP contribution is 2.28. The van der Waals surface area contributed by atoms with Gasteiger partial charge in [-0.2, -0.15) is 0 Å². The first-order chi connectivity index (χ1) is 12.1. The standard InChI is InChI=1S/C17H13N5O3/c23-15-7-9-21(10-14(15)22(24)25)17-11-4-3-6-12(11)19-16(20-17)13-5-1-2-8-18-13/h1-2,5,7-10H,3-4,6H2. The molecule has 0 aliphatic heterocycles. The summed E-state index contributed by atoms with van der Waals surface area (Å²) in [5, 5.41) is 11.1. The third kappa shape index (κ3) is 2.67. The zero-order valence-corrected chi connectivity index (χ0v) is 13.1. The number of aryl methyl sites for hydroxylation is 1. The van der Waals surface area contributed by atoms with Crippen LogP contribution < -0.4 is 5.43 Å². The fourth-order valence-electron chi connectivity index (χ4n) is 2.98. The van der Waals surface area contributed by atoms with Crippen LogP contribution in [-0.2, 0) is 12.8 Å². The number of hydrogen-bond acceptors (Lipinski definition) is 6. The van der Waals surface area contributed by atoms with Crippen LogP contribution in [0.1, 0.15) is 17.7 Å². The van der Waals surface area contributed by atoms with Crippen LogP contribution in [0.15, 0.2) is 47.7 Å². The molecule has 8 heteroatoms. The Kier molecular flexibility index (Phi) is 3.57. The number of aromatic nitrogens is 4. The zero-order chi connectivity index (χ0) is 17.4. The largest absolute Gasteiger partial charge is 0.332 e. The minimum absolute atomic E-state index is 0.470. The van der Waals surface area contributed by atoms with Crippen molar-refractivity contribution in [2.45, 2.75) is 19.3 Å². The molecule has 25 heavy (non-hydrogen) atoms. The van der Waals surface area contributed by atoms with Gasteiger partial charge in [-0.15, -0.1) is 0 Å². The second-order valence-corrected chi connectivity index (χ2v) is 5.72. The first-order valence-electron chi connectivity index (χ1n) is 7.82. The van der Waals surface area contributed by atoms with Crippen molar-refractivity contribution in [3.05, 3.63) is 74.5 Å². The normalized spacial score (nSPS) is 12.8. The summed E-state index contributed by atoms with van der Waals surface area (Å²) in [6.45, 7) is 0. The van der Waals surface area contributed by atoms with E-state index in [9.17, 15) is 14.9 Å². The highest BCUT2D eigenvalue weighted by atomic mass is 16.6. The molecule has 8 nitrogen and oxygen atoms in total. The Hall–Kier alpha value is -3.42. The van der Waals surface area contributed by atoms with Gasteiger partial charge in [0.25, 0.3) is 5.43 Å². The van der Waals surface area contributed by atoms with Gasteiger partial charge in [0.1, 0.15) is 11.5 Å². The second kappa shape index (κ2) is 5.90. The molecule has 1 aliphatic rings. The first kappa shape index (κ1) is 15.1. The molecule has 0 unspecified atom stereocenters. The Bertz CT molecular complexity index is 1030. The van der Waals surface area contributed by atoms with Crippen LogP contribution >= 0.6 is 0 Å². The molecule has 4 rings (SSSR count). The van der Waals surface area contributed by atoms with Gasteiger partial charge >= 0.3 is 5.69 Å². The second-order valence-electron chi connectivity index (χ2n) is 5.72. The van der Waals surface area contributed by atoms with Crippen molar-refractivity contribution in [3.63, 3.8) is 0 Å². The van der Waals surface area contributed by atoms with Gasteiger partial charge in [-0.3, -0.25) is 19.9 Å². The number of hydrogen-bond donors (Lipinski definition) is 0. The quantitative estimate of drug-likeness (QED) is 0.536. The predicted octanol–water partition coefficient (Wildman–Crippen LogP) is 2.09. The van der Waals surface area contributed by atoms with E-state index in [-0.39, 0.29) is 0 Å². The molecule has 0 saturated carbocycles. The highest BCUT2D eigenvalue weighted by Gasteiger charge is 2.22. The fourth-order valence-corrected chi connectivity index (χ4v) is 2.98. The molecule has 0 spiro atoms. The van der Waals surface area contributed by atoms with Crippen molar-refractivity contribution >= 4 is 5.69 Å². The third-order valence-corrected chi connectivity index (χ3v) is 4.15. The van der Waals surface area contributed by atoms with E-state index in [4.69, 9.17) is 0 Å². The van der Waals surface area contributed by atoms with E-state index in [0.29, 0.717) is 17.3 Å². The Morgan fingerprint density at radius 3 is 2.80 bits per heavy atom. The highest BCUT2D eigenvalue weighted by molar-refractivity contribution is 5.54.